The average molecular weight is 207 g/mol. The zero-order chi connectivity index (χ0) is 11.0. The van der Waals surface area contributed by atoms with Gasteiger partial charge in [-0.1, -0.05) is 6.07 Å². The van der Waals surface area contributed by atoms with Crippen LogP contribution in [0.2, 0.25) is 0 Å². The minimum Gasteiger partial charge on any atom is -0.496 e. The van der Waals surface area contributed by atoms with Crippen LogP contribution in [0, 0.1) is 0 Å². The molecule has 0 aromatic heterocycles. The van der Waals surface area contributed by atoms with Crippen molar-refractivity contribution in [1.82, 2.24) is 0 Å². The van der Waals surface area contributed by atoms with Crippen molar-refractivity contribution in [3.05, 3.63) is 23.8 Å². The van der Waals surface area contributed by atoms with Gasteiger partial charge in [0.2, 0.25) is 0 Å². The fourth-order valence-electron chi connectivity index (χ4n) is 1.58. The van der Waals surface area contributed by atoms with E-state index < -0.39 is 11.7 Å². The topological polar surface area (TPSA) is 55.8 Å². The molecule has 0 radical (unpaired) electrons. The van der Waals surface area contributed by atoms with Crippen LogP contribution < -0.4 is 9.80 Å². The zero-order valence-electron chi connectivity index (χ0n) is 8.31. The lowest BCUT2D eigenvalue weighted by atomic mass is 10.1. The van der Waals surface area contributed by atoms with Gasteiger partial charge >= 0.3 is 5.91 Å². The molecule has 1 aromatic rings. The molecule has 0 saturated carbocycles. The molecule has 1 aliphatic heterocycles. The number of ether oxygens (including phenoxy) is 1. The Morgan fingerprint density at radius 3 is 2.53 bits per heavy atom. The van der Waals surface area contributed by atoms with Gasteiger partial charge in [-0.15, -0.1) is 0 Å². The number of hydrogen-bond donors (Lipinski definition) is 0. The van der Waals surface area contributed by atoms with Crippen LogP contribution in [0.4, 0.5) is 5.69 Å². The molecule has 0 aliphatic carbocycles. The van der Waals surface area contributed by atoms with Crippen LogP contribution in [0.3, 0.4) is 0 Å². The molecule has 1 aliphatic rings. The van der Waals surface area contributed by atoms with Crippen molar-refractivity contribution in [2.75, 3.05) is 19.3 Å². The number of amides is 1. The zero-order valence-corrected chi connectivity index (χ0v) is 8.31. The van der Waals surface area contributed by atoms with Crippen molar-refractivity contribution >= 4 is 17.4 Å². The molecule has 15 heavy (non-hydrogen) atoms. The summed E-state index contributed by atoms with van der Waals surface area (Å²) < 4.78 is 5.01. The molecular weight excluding hydrogens is 198 g/mol. The van der Waals surface area contributed by atoms with Crippen LogP contribution in [-0.4, -0.2) is 25.9 Å². The second-order valence-corrected chi connectivity index (χ2v) is 2.97. The molecule has 5 nitrogen and oxygen atoms in total. The Balaban J connectivity index is 2.64. The second kappa shape index (κ2) is 3.36. The Morgan fingerprint density at radius 2 is 1.93 bits per heavy atom. The van der Waals surface area contributed by atoms with E-state index in [0.717, 1.165) is 5.06 Å². The molecule has 78 valence electrons. The maximum atomic E-state index is 11.6. The third-order valence-corrected chi connectivity index (χ3v) is 2.23. The van der Waals surface area contributed by atoms with E-state index in [2.05, 4.69) is 0 Å². The molecule has 0 saturated heterocycles. The highest BCUT2D eigenvalue weighted by molar-refractivity contribution is 6.52. The number of carbonyl (C=O) groups is 2. The van der Waals surface area contributed by atoms with Crippen LogP contribution in [0.25, 0.3) is 0 Å². The number of rotatable bonds is 2. The lowest BCUT2D eigenvalue weighted by Crippen LogP contribution is -2.28. The summed E-state index contributed by atoms with van der Waals surface area (Å²) in [6, 6.07) is 4.95. The van der Waals surface area contributed by atoms with Crippen molar-refractivity contribution in [1.29, 1.82) is 0 Å². The molecule has 5 heteroatoms. The van der Waals surface area contributed by atoms with Gasteiger partial charge in [0.25, 0.3) is 5.78 Å². The lowest BCUT2D eigenvalue weighted by Gasteiger charge is -2.12. The Morgan fingerprint density at radius 1 is 1.20 bits per heavy atom. The number of fused-ring (bicyclic) bond motifs is 1. The predicted octanol–water partition coefficient (Wildman–Crippen LogP) is 0.786. The third kappa shape index (κ3) is 1.20. The van der Waals surface area contributed by atoms with Crippen molar-refractivity contribution in [2.45, 2.75) is 0 Å². The number of hydrogen-bond acceptors (Lipinski definition) is 4. The van der Waals surface area contributed by atoms with Gasteiger partial charge in [0, 0.05) is 0 Å². The quantitative estimate of drug-likeness (QED) is 0.672. The first-order valence-corrected chi connectivity index (χ1v) is 4.30. The van der Waals surface area contributed by atoms with Gasteiger partial charge < -0.3 is 4.74 Å². The van der Waals surface area contributed by atoms with Crippen LogP contribution in [0.5, 0.6) is 5.75 Å². The first-order valence-electron chi connectivity index (χ1n) is 4.30. The molecule has 0 N–H and O–H groups in total. The predicted molar refractivity (Wildman–Crippen MR) is 51.8 cm³/mol. The number of methoxy groups -OCH3 is 1. The molecular formula is C10H9NO4. The van der Waals surface area contributed by atoms with Crippen molar-refractivity contribution < 1.29 is 19.2 Å². The normalized spacial score (nSPS) is 14.4. The summed E-state index contributed by atoms with van der Waals surface area (Å²) >= 11 is 0. The van der Waals surface area contributed by atoms with Gasteiger partial charge in [-0.2, -0.15) is 5.06 Å². The van der Waals surface area contributed by atoms with Crippen LogP contribution in [-0.2, 0) is 9.63 Å². The molecule has 1 aromatic carbocycles. The third-order valence-electron chi connectivity index (χ3n) is 2.23. The molecule has 1 amide bonds. The Labute approximate surface area is 86.1 Å². The fraction of sp³-hybridized carbons (Fsp3) is 0.200. The summed E-state index contributed by atoms with van der Waals surface area (Å²) in [6.45, 7) is 0. The van der Waals surface area contributed by atoms with E-state index in [9.17, 15) is 9.59 Å². The summed E-state index contributed by atoms with van der Waals surface area (Å²) in [7, 11) is 2.78. The number of nitrogens with zero attached hydrogens (tertiary/aromatic N) is 1. The van der Waals surface area contributed by atoms with Crippen LogP contribution >= 0.6 is 0 Å². The minimum atomic E-state index is -0.697. The van der Waals surface area contributed by atoms with Gasteiger partial charge in [-0.25, -0.2) is 0 Å². The highest BCUT2D eigenvalue weighted by Gasteiger charge is 2.38. The van der Waals surface area contributed by atoms with Gasteiger partial charge in [0.05, 0.1) is 25.5 Å². The maximum absolute atomic E-state index is 11.6. The Kier molecular flexibility index (Phi) is 2.17. The number of hydroxylamine groups is 1. The number of benzene rings is 1. The summed E-state index contributed by atoms with van der Waals surface area (Å²) in [4.78, 5) is 27.9. The van der Waals surface area contributed by atoms with Gasteiger partial charge in [-0.3, -0.25) is 14.4 Å². The van der Waals surface area contributed by atoms with E-state index in [-0.39, 0.29) is 5.56 Å². The standard InChI is InChI=1S/C10H9NO4/c1-14-7-5-3-4-6-8(7)9(12)10(13)11(6)15-2/h3-5H,1-2H3. The van der Waals surface area contributed by atoms with Crippen LogP contribution in [0.1, 0.15) is 10.4 Å². The molecule has 1 heterocycles. The van der Waals surface area contributed by atoms with E-state index >= 15 is 0 Å². The Hall–Kier alpha value is -1.88. The van der Waals surface area contributed by atoms with Crippen molar-refractivity contribution in [3.63, 3.8) is 0 Å². The van der Waals surface area contributed by atoms with Crippen molar-refractivity contribution in [2.24, 2.45) is 0 Å². The monoisotopic (exact) mass is 207 g/mol. The average Bonchev–Trinajstić information content (AvgIpc) is 2.51. The molecule has 0 atom stereocenters. The molecule has 0 bridgehead atoms. The van der Waals surface area contributed by atoms with Gasteiger partial charge in [0.1, 0.15) is 5.75 Å². The minimum absolute atomic E-state index is 0.256. The van der Waals surface area contributed by atoms with E-state index in [0.29, 0.717) is 11.4 Å². The number of ketones is 1. The van der Waals surface area contributed by atoms with E-state index in [4.69, 9.17) is 9.57 Å². The first-order chi connectivity index (χ1) is 7.20. The van der Waals surface area contributed by atoms with E-state index in [1.165, 1.54) is 14.2 Å². The SMILES string of the molecule is COc1cccc2c1C(=O)C(=O)N2OC. The summed E-state index contributed by atoms with van der Waals surface area (Å²) in [6.07, 6.45) is 0. The lowest BCUT2D eigenvalue weighted by molar-refractivity contribution is -0.119. The van der Waals surface area contributed by atoms with Crippen LogP contribution in [0.15, 0.2) is 18.2 Å². The van der Waals surface area contributed by atoms with Gasteiger partial charge in [0.15, 0.2) is 0 Å². The second-order valence-electron chi connectivity index (χ2n) is 2.97. The summed E-state index contributed by atoms with van der Waals surface area (Å²) in [5.41, 5.74) is 0.679. The van der Waals surface area contributed by atoms with Crippen molar-refractivity contribution in [3.8, 4) is 5.75 Å². The largest absolute Gasteiger partial charge is 0.496 e. The highest BCUT2D eigenvalue weighted by atomic mass is 16.7. The smallest absolute Gasteiger partial charge is 0.323 e. The molecule has 0 unspecified atom stereocenters. The highest BCUT2D eigenvalue weighted by Crippen LogP contribution is 2.35. The molecule has 0 spiro atoms. The fourth-order valence-corrected chi connectivity index (χ4v) is 1.58. The first kappa shape index (κ1) is 9.67. The van der Waals surface area contributed by atoms with Gasteiger partial charge in [-0.05, 0) is 12.1 Å². The van der Waals surface area contributed by atoms with E-state index in [1.807, 2.05) is 0 Å². The molecule has 2 rings (SSSR count). The Bertz CT molecular complexity index is 441. The molecule has 0 fully saturated rings. The number of carbonyl (C=O) groups excluding carboxylic acids is 2. The number of Topliss-reactive ketones (excluding diaryl/α,β-unsaturated/α-hetero) is 1. The summed E-state index contributed by atoms with van der Waals surface area (Å²) in [5, 5.41) is 0.959. The summed E-state index contributed by atoms with van der Waals surface area (Å²) in [5.74, 6) is -0.924. The maximum Gasteiger partial charge on any atom is 0.323 e. The van der Waals surface area contributed by atoms with E-state index in [1.54, 1.807) is 18.2 Å². The number of anilines is 1.